The molecule has 1 aliphatic rings. The van der Waals surface area contributed by atoms with Gasteiger partial charge in [-0.25, -0.2) is 0 Å². The quantitative estimate of drug-likeness (QED) is 0.698. The van der Waals surface area contributed by atoms with E-state index in [2.05, 4.69) is 15.5 Å². The Labute approximate surface area is 179 Å². The molecule has 1 fully saturated rings. The van der Waals surface area contributed by atoms with Crippen molar-refractivity contribution in [1.82, 2.24) is 5.32 Å². The summed E-state index contributed by atoms with van der Waals surface area (Å²) >= 11 is 11.7. The van der Waals surface area contributed by atoms with E-state index in [0.29, 0.717) is 41.0 Å². The van der Waals surface area contributed by atoms with E-state index in [-0.39, 0.29) is 11.0 Å². The number of anilines is 2. The lowest BCUT2D eigenvalue weighted by atomic mass is 10.2. The first-order valence-electron chi connectivity index (χ1n) is 8.98. The van der Waals surface area contributed by atoms with Crippen LogP contribution in [0.1, 0.15) is 10.4 Å². The predicted octanol–water partition coefficient (Wildman–Crippen LogP) is 3.32. The van der Waals surface area contributed by atoms with E-state index < -0.39 is 0 Å². The van der Waals surface area contributed by atoms with E-state index in [4.69, 9.17) is 38.0 Å². The molecule has 9 heteroatoms. The smallest absolute Gasteiger partial charge is 0.257 e. The molecule has 3 rings (SSSR count). The van der Waals surface area contributed by atoms with Crippen molar-refractivity contribution >= 4 is 46.2 Å². The summed E-state index contributed by atoms with van der Waals surface area (Å²) in [5, 5.41) is 6.40. The minimum atomic E-state index is -0.362. The van der Waals surface area contributed by atoms with Crippen LogP contribution in [0.4, 0.5) is 11.4 Å². The SMILES string of the molecule is COc1ccc(C(=O)NC(=S)Nc2ccc(N3CCOCC3)c(Cl)c2)cc1OC. The summed E-state index contributed by atoms with van der Waals surface area (Å²) in [6, 6.07) is 10.5. The molecule has 1 aliphatic heterocycles. The van der Waals surface area contributed by atoms with Crippen LogP contribution in [-0.2, 0) is 4.74 Å². The van der Waals surface area contributed by atoms with Gasteiger partial charge in [0.15, 0.2) is 16.6 Å². The van der Waals surface area contributed by atoms with Gasteiger partial charge in [-0.05, 0) is 48.6 Å². The number of hydrogen-bond donors (Lipinski definition) is 2. The summed E-state index contributed by atoms with van der Waals surface area (Å²) in [7, 11) is 3.04. The molecular weight excluding hydrogens is 414 g/mol. The maximum atomic E-state index is 12.5. The van der Waals surface area contributed by atoms with Crippen LogP contribution >= 0.6 is 23.8 Å². The highest BCUT2D eigenvalue weighted by atomic mass is 35.5. The fourth-order valence-corrected chi connectivity index (χ4v) is 3.47. The second kappa shape index (κ2) is 9.78. The van der Waals surface area contributed by atoms with Crippen LogP contribution in [0.2, 0.25) is 5.02 Å². The number of thiocarbonyl (C=S) groups is 1. The number of hydrogen-bond acceptors (Lipinski definition) is 6. The molecule has 2 aromatic carbocycles. The Hall–Kier alpha value is -2.55. The third-order valence-electron chi connectivity index (χ3n) is 4.43. The van der Waals surface area contributed by atoms with Crippen LogP contribution in [0.5, 0.6) is 11.5 Å². The molecule has 0 radical (unpaired) electrons. The van der Waals surface area contributed by atoms with Crippen LogP contribution in [0.15, 0.2) is 36.4 Å². The van der Waals surface area contributed by atoms with Crippen LogP contribution in [0, 0.1) is 0 Å². The molecule has 2 aromatic rings. The van der Waals surface area contributed by atoms with E-state index >= 15 is 0 Å². The molecule has 29 heavy (non-hydrogen) atoms. The van der Waals surface area contributed by atoms with Gasteiger partial charge in [0.1, 0.15) is 0 Å². The van der Waals surface area contributed by atoms with Crippen LogP contribution < -0.4 is 25.0 Å². The van der Waals surface area contributed by atoms with Crippen molar-refractivity contribution in [2.75, 3.05) is 50.7 Å². The van der Waals surface area contributed by atoms with Gasteiger partial charge in [0.2, 0.25) is 0 Å². The Bertz CT molecular complexity index is 903. The van der Waals surface area contributed by atoms with Gasteiger partial charge < -0.3 is 24.4 Å². The Balaban J connectivity index is 1.63. The summed E-state index contributed by atoms with van der Waals surface area (Å²) < 4.78 is 15.8. The fraction of sp³-hybridized carbons (Fsp3) is 0.300. The Morgan fingerprint density at radius 1 is 1.10 bits per heavy atom. The molecule has 0 aromatic heterocycles. The third kappa shape index (κ3) is 5.29. The number of carbonyl (C=O) groups is 1. The predicted molar refractivity (Wildman–Crippen MR) is 118 cm³/mol. The normalized spacial score (nSPS) is 13.6. The molecule has 7 nitrogen and oxygen atoms in total. The Morgan fingerprint density at radius 3 is 2.48 bits per heavy atom. The first-order chi connectivity index (χ1) is 14.0. The van der Waals surface area contributed by atoms with E-state index in [1.54, 1.807) is 24.3 Å². The number of ether oxygens (including phenoxy) is 3. The summed E-state index contributed by atoms with van der Waals surface area (Å²) in [6.07, 6.45) is 0. The molecular formula is C20H22ClN3O4S. The van der Waals surface area contributed by atoms with Crippen molar-refractivity contribution in [3.8, 4) is 11.5 Å². The second-order valence-corrected chi connectivity index (χ2v) is 7.06. The molecule has 154 valence electrons. The van der Waals surface area contributed by atoms with E-state index in [1.165, 1.54) is 14.2 Å². The first kappa shape index (κ1) is 21.2. The van der Waals surface area contributed by atoms with Crippen LogP contribution in [-0.4, -0.2) is 51.5 Å². The maximum absolute atomic E-state index is 12.5. The second-order valence-electron chi connectivity index (χ2n) is 6.24. The number of halogens is 1. The lowest BCUT2D eigenvalue weighted by molar-refractivity contribution is 0.0977. The number of morpholine rings is 1. The lowest BCUT2D eigenvalue weighted by Crippen LogP contribution is -2.36. The Morgan fingerprint density at radius 2 is 1.83 bits per heavy atom. The molecule has 0 unspecified atom stereocenters. The number of benzene rings is 2. The molecule has 1 saturated heterocycles. The summed E-state index contributed by atoms with van der Waals surface area (Å²) in [5.41, 5.74) is 2.03. The van der Waals surface area contributed by atoms with Gasteiger partial charge in [-0.2, -0.15) is 0 Å². The average Bonchev–Trinajstić information content (AvgIpc) is 2.73. The molecule has 0 spiro atoms. The molecule has 1 amide bonds. The van der Waals surface area contributed by atoms with Gasteiger partial charge in [0, 0.05) is 24.3 Å². The monoisotopic (exact) mass is 435 g/mol. The fourth-order valence-electron chi connectivity index (χ4n) is 2.96. The molecule has 0 aliphatic carbocycles. The number of nitrogens with one attached hydrogen (secondary N) is 2. The van der Waals surface area contributed by atoms with Crippen molar-refractivity contribution in [1.29, 1.82) is 0 Å². The molecule has 1 heterocycles. The van der Waals surface area contributed by atoms with Crippen molar-refractivity contribution in [3.05, 3.63) is 47.0 Å². The zero-order valence-electron chi connectivity index (χ0n) is 16.2. The van der Waals surface area contributed by atoms with Gasteiger partial charge in [0.05, 0.1) is 38.1 Å². The molecule has 0 atom stereocenters. The van der Waals surface area contributed by atoms with E-state index in [0.717, 1.165) is 18.8 Å². The van der Waals surface area contributed by atoms with Crippen molar-refractivity contribution in [2.45, 2.75) is 0 Å². The lowest BCUT2D eigenvalue weighted by Gasteiger charge is -2.29. The van der Waals surface area contributed by atoms with Gasteiger partial charge >= 0.3 is 0 Å². The average molecular weight is 436 g/mol. The molecule has 0 saturated carbocycles. The van der Waals surface area contributed by atoms with Crippen LogP contribution in [0.3, 0.4) is 0 Å². The molecule has 2 N–H and O–H groups in total. The van der Waals surface area contributed by atoms with Gasteiger partial charge in [0.25, 0.3) is 5.91 Å². The van der Waals surface area contributed by atoms with Crippen molar-refractivity contribution in [2.24, 2.45) is 0 Å². The highest BCUT2D eigenvalue weighted by Crippen LogP contribution is 2.30. The van der Waals surface area contributed by atoms with E-state index in [1.807, 2.05) is 12.1 Å². The van der Waals surface area contributed by atoms with Gasteiger partial charge in [-0.1, -0.05) is 11.6 Å². The number of rotatable bonds is 5. The topological polar surface area (TPSA) is 72.1 Å². The van der Waals surface area contributed by atoms with Gasteiger partial charge in [-0.15, -0.1) is 0 Å². The van der Waals surface area contributed by atoms with Crippen LogP contribution in [0.25, 0.3) is 0 Å². The number of nitrogens with zero attached hydrogens (tertiary/aromatic N) is 1. The zero-order valence-corrected chi connectivity index (χ0v) is 17.7. The van der Waals surface area contributed by atoms with E-state index in [9.17, 15) is 4.79 Å². The third-order valence-corrected chi connectivity index (χ3v) is 4.94. The minimum Gasteiger partial charge on any atom is -0.493 e. The summed E-state index contributed by atoms with van der Waals surface area (Å²) in [5.74, 6) is 0.642. The van der Waals surface area contributed by atoms with Crippen molar-refractivity contribution in [3.63, 3.8) is 0 Å². The maximum Gasteiger partial charge on any atom is 0.257 e. The number of amides is 1. The Kier molecular flexibility index (Phi) is 7.13. The largest absolute Gasteiger partial charge is 0.493 e. The highest BCUT2D eigenvalue weighted by molar-refractivity contribution is 7.80. The number of methoxy groups -OCH3 is 2. The molecule has 0 bridgehead atoms. The summed E-state index contributed by atoms with van der Waals surface area (Å²) in [6.45, 7) is 2.96. The zero-order chi connectivity index (χ0) is 20.8. The summed E-state index contributed by atoms with van der Waals surface area (Å²) in [4.78, 5) is 14.6. The highest BCUT2D eigenvalue weighted by Gasteiger charge is 2.15. The minimum absolute atomic E-state index is 0.167. The standard InChI is InChI=1S/C20H22ClN3O4S/c1-26-17-6-3-13(11-18(17)27-2)19(25)23-20(29)22-14-4-5-16(15(21)12-14)24-7-9-28-10-8-24/h3-6,11-12H,7-10H2,1-2H3,(H2,22,23,25,29). The van der Waals surface area contributed by atoms with Gasteiger partial charge in [-0.3, -0.25) is 10.1 Å². The van der Waals surface area contributed by atoms with Crippen molar-refractivity contribution < 1.29 is 19.0 Å². The number of carbonyl (C=O) groups excluding carboxylic acids is 1. The first-order valence-corrected chi connectivity index (χ1v) is 9.77.